The van der Waals surface area contributed by atoms with E-state index in [1.807, 2.05) is 19.1 Å². The van der Waals surface area contributed by atoms with Gasteiger partial charge in [0.25, 0.3) is 5.91 Å². The van der Waals surface area contributed by atoms with E-state index in [2.05, 4.69) is 40.4 Å². The zero-order valence-electron chi connectivity index (χ0n) is 19.0. The van der Waals surface area contributed by atoms with Crippen LogP contribution in [0.2, 0.25) is 0 Å². The zero-order chi connectivity index (χ0) is 24.1. The van der Waals surface area contributed by atoms with Gasteiger partial charge in [0.15, 0.2) is 0 Å². The van der Waals surface area contributed by atoms with Crippen LogP contribution in [0.25, 0.3) is 0 Å². The minimum Gasteiger partial charge on any atom is -0.406 e. The summed E-state index contributed by atoms with van der Waals surface area (Å²) in [5, 5.41) is 3.48. The summed E-state index contributed by atoms with van der Waals surface area (Å²) in [7, 11) is 0. The lowest BCUT2D eigenvalue weighted by Gasteiger charge is -2.16. The maximum absolute atomic E-state index is 13.0. The highest BCUT2D eigenvalue weighted by Gasteiger charge is 2.31. The van der Waals surface area contributed by atoms with Crippen LogP contribution < -0.4 is 10.1 Å². The van der Waals surface area contributed by atoms with Gasteiger partial charge in [0.05, 0.1) is 0 Å². The quantitative estimate of drug-likeness (QED) is 0.405. The van der Waals surface area contributed by atoms with Gasteiger partial charge >= 0.3 is 6.36 Å². The molecule has 1 heterocycles. The summed E-state index contributed by atoms with van der Waals surface area (Å²) in [4.78, 5) is 14.7. The highest BCUT2D eigenvalue weighted by atomic mass is 19.4. The number of rotatable bonds is 9. The summed E-state index contributed by atoms with van der Waals surface area (Å²) in [5.74, 6) is -0.325. The minimum absolute atomic E-state index is 0.0505. The van der Waals surface area contributed by atoms with Crippen molar-refractivity contribution in [3.05, 3.63) is 100 Å². The molecule has 3 aromatic carbocycles. The summed E-state index contributed by atoms with van der Waals surface area (Å²) in [6.45, 7) is 4.40. The Labute approximate surface area is 197 Å². The lowest BCUT2D eigenvalue weighted by atomic mass is 10.0. The number of hydrogen-bond donors (Lipinski definition) is 1. The van der Waals surface area contributed by atoms with E-state index in [4.69, 9.17) is 0 Å². The SMILES string of the molecule is Cc1cc(CNCCCc2ccccc2)cc2c1C(=O)N(Cc1ccc(OC(F)(F)F)cc1)C2. The van der Waals surface area contributed by atoms with Crippen molar-refractivity contribution in [2.75, 3.05) is 6.54 Å². The minimum atomic E-state index is -4.72. The van der Waals surface area contributed by atoms with Gasteiger partial charge in [0, 0.05) is 25.2 Å². The van der Waals surface area contributed by atoms with Crippen LogP contribution in [0.1, 0.15) is 44.6 Å². The Morgan fingerprint density at radius 2 is 1.71 bits per heavy atom. The van der Waals surface area contributed by atoms with Gasteiger partial charge < -0.3 is 15.0 Å². The molecule has 0 atom stereocenters. The van der Waals surface area contributed by atoms with E-state index in [1.54, 1.807) is 17.0 Å². The molecular formula is C27H27F3N2O2. The number of halogens is 3. The molecule has 1 amide bonds. The molecule has 0 aromatic heterocycles. The number of hydrogen-bond acceptors (Lipinski definition) is 3. The summed E-state index contributed by atoms with van der Waals surface area (Å²) in [6.07, 6.45) is -2.64. The normalized spacial score (nSPS) is 13.3. The first-order valence-electron chi connectivity index (χ1n) is 11.3. The molecule has 1 N–H and O–H groups in total. The molecule has 178 valence electrons. The standard InChI is InChI=1S/C27H27F3N2O2/c1-19-14-22(16-31-13-5-8-20-6-3-2-4-7-20)15-23-18-32(26(33)25(19)23)17-21-9-11-24(12-10-21)34-27(28,29)30/h2-4,6-7,9-12,14-15,31H,5,8,13,16-18H2,1H3. The lowest BCUT2D eigenvalue weighted by Crippen LogP contribution is -2.23. The fraction of sp³-hybridized carbons (Fsp3) is 0.296. The van der Waals surface area contributed by atoms with E-state index in [1.165, 1.54) is 17.7 Å². The molecule has 4 rings (SSSR count). The van der Waals surface area contributed by atoms with Crippen molar-refractivity contribution in [3.8, 4) is 5.75 Å². The van der Waals surface area contributed by atoms with Crippen LogP contribution in [-0.2, 0) is 26.1 Å². The fourth-order valence-corrected chi connectivity index (χ4v) is 4.35. The number of ether oxygens (including phenoxy) is 1. The second-order valence-electron chi connectivity index (χ2n) is 8.57. The van der Waals surface area contributed by atoms with Gasteiger partial charge in [0.1, 0.15) is 5.75 Å². The van der Waals surface area contributed by atoms with E-state index >= 15 is 0 Å². The summed E-state index contributed by atoms with van der Waals surface area (Å²) < 4.78 is 41.0. The zero-order valence-corrected chi connectivity index (χ0v) is 19.0. The van der Waals surface area contributed by atoms with E-state index in [-0.39, 0.29) is 11.7 Å². The Kier molecular flexibility index (Phi) is 7.22. The predicted molar refractivity (Wildman–Crippen MR) is 124 cm³/mol. The molecular weight excluding hydrogens is 441 g/mol. The van der Waals surface area contributed by atoms with Crippen molar-refractivity contribution in [1.29, 1.82) is 0 Å². The van der Waals surface area contributed by atoms with Crippen LogP contribution in [0.4, 0.5) is 13.2 Å². The third-order valence-corrected chi connectivity index (χ3v) is 5.86. The molecule has 0 radical (unpaired) electrons. The van der Waals surface area contributed by atoms with Gasteiger partial charge in [-0.15, -0.1) is 13.2 Å². The Balaban J connectivity index is 1.32. The van der Waals surface area contributed by atoms with Gasteiger partial charge in [-0.25, -0.2) is 0 Å². The van der Waals surface area contributed by atoms with Gasteiger partial charge in [-0.2, -0.15) is 0 Å². The molecule has 4 nitrogen and oxygen atoms in total. The summed E-state index contributed by atoms with van der Waals surface area (Å²) in [5.41, 5.74) is 5.87. The number of carbonyl (C=O) groups excluding carboxylic acids is 1. The van der Waals surface area contributed by atoms with Gasteiger partial charge in [0.2, 0.25) is 0 Å². The van der Waals surface area contributed by atoms with E-state index in [9.17, 15) is 18.0 Å². The number of aryl methyl sites for hydroxylation is 2. The first-order valence-corrected chi connectivity index (χ1v) is 11.3. The number of amides is 1. The van der Waals surface area contributed by atoms with Crippen molar-refractivity contribution in [2.24, 2.45) is 0 Å². The molecule has 0 fully saturated rings. The maximum atomic E-state index is 13.0. The Hall–Kier alpha value is -3.32. The molecule has 7 heteroatoms. The Bertz CT molecular complexity index is 1130. The van der Waals surface area contributed by atoms with Crippen LogP contribution in [-0.4, -0.2) is 23.7 Å². The largest absolute Gasteiger partial charge is 0.573 e. The Morgan fingerprint density at radius 1 is 0.971 bits per heavy atom. The number of nitrogens with zero attached hydrogens (tertiary/aromatic N) is 1. The predicted octanol–water partition coefficient (Wildman–Crippen LogP) is 5.77. The lowest BCUT2D eigenvalue weighted by molar-refractivity contribution is -0.274. The number of carbonyl (C=O) groups is 1. The van der Waals surface area contributed by atoms with Crippen molar-refractivity contribution in [1.82, 2.24) is 10.2 Å². The number of alkyl halides is 3. The average Bonchev–Trinajstić information content (AvgIpc) is 3.10. The second kappa shape index (κ2) is 10.3. The van der Waals surface area contributed by atoms with Crippen LogP contribution in [0.15, 0.2) is 66.7 Å². The fourth-order valence-electron chi connectivity index (χ4n) is 4.35. The van der Waals surface area contributed by atoms with Crippen molar-refractivity contribution >= 4 is 5.91 Å². The molecule has 34 heavy (non-hydrogen) atoms. The molecule has 0 bridgehead atoms. The highest BCUT2D eigenvalue weighted by molar-refractivity contribution is 5.99. The third-order valence-electron chi connectivity index (χ3n) is 5.86. The van der Waals surface area contributed by atoms with Crippen LogP contribution in [0.5, 0.6) is 5.75 Å². The molecule has 0 unspecified atom stereocenters. The monoisotopic (exact) mass is 468 g/mol. The van der Waals surface area contributed by atoms with Crippen LogP contribution in [0, 0.1) is 6.92 Å². The summed E-state index contributed by atoms with van der Waals surface area (Å²) >= 11 is 0. The van der Waals surface area contributed by atoms with Crippen molar-refractivity contribution < 1.29 is 22.7 Å². The smallest absolute Gasteiger partial charge is 0.406 e. The number of nitrogens with one attached hydrogen (secondary N) is 1. The second-order valence-corrected chi connectivity index (χ2v) is 8.57. The van der Waals surface area contributed by atoms with Crippen LogP contribution in [0.3, 0.4) is 0 Å². The maximum Gasteiger partial charge on any atom is 0.573 e. The molecule has 1 aliphatic heterocycles. The van der Waals surface area contributed by atoms with E-state index in [0.29, 0.717) is 13.1 Å². The molecule has 0 aliphatic carbocycles. The average molecular weight is 469 g/mol. The topological polar surface area (TPSA) is 41.6 Å². The van der Waals surface area contributed by atoms with Crippen LogP contribution >= 0.6 is 0 Å². The third kappa shape index (κ3) is 6.17. The van der Waals surface area contributed by atoms with Crippen molar-refractivity contribution in [3.63, 3.8) is 0 Å². The molecule has 0 saturated heterocycles. The molecule has 0 saturated carbocycles. The van der Waals surface area contributed by atoms with Crippen molar-refractivity contribution in [2.45, 2.75) is 45.8 Å². The molecule has 3 aromatic rings. The van der Waals surface area contributed by atoms with E-state index < -0.39 is 6.36 Å². The Morgan fingerprint density at radius 3 is 2.41 bits per heavy atom. The molecule has 1 aliphatic rings. The first-order chi connectivity index (χ1) is 16.3. The summed E-state index contributed by atoms with van der Waals surface area (Å²) in [6, 6.07) is 20.2. The number of benzene rings is 3. The van der Waals surface area contributed by atoms with Gasteiger partial charge in [-0.3, -0.25) is 4.79 Å². The molecule has 0 spiro atoms. The highest BCUT2D eigenvalue weighted by Crippen LogP contribution is 2.29. The van der Waals surface area contributed by atoms with Gasteiger partial charge in [-0.05, 0) is 66.3 Å². The van der Waals surface area contributed by atoms with E-state index in [0.717, 1.165) is 53.7 Å². The first kappa shape index (κ1) is 23.8. The number of fused-ring (bicyclic) bond motifs is 1. The van der Waals surface area contributed by atoms with Gasteiger partial charge in [-0.1, -0.05) is 54.6 Å².